The molecular formula is C19H20ClN3O2S. The fraction of sp³-hybridized carbons (Fsp3) is 0.316. The largest absolute Gasteiger partial charge is 0.299 e. The molecule has 0 bridgehead atoms. The number of amidine groups is 1. The van der Waals surface area contributed by atoms with E-state index in [9.17, 15) is 8.42 Å². The van der Waals surface area contributed by atoms with E-state index in [4.69, 9.17) is 16.6 Å². The topological polar surface area (TPSA) is 61.8 Å². The molecule has 2 aromatic rings. The Morgan fingerprint density at radius 2 is 1.77 bits per heavy atom. The van der Waals surface area contributed by atoms with E-state index < -0.39 is 10.0 Å². The van der Waals surface area contributed by atoms with Crippen LogP contribution in [0.2, 0.25) is 5.02 Å². The van der Waals surface area contributed by atoms with Gasteiger partial charge in [0, 0.05) is 30.2 Å². The summed E-state index contributed by atoms with van der Waals surface area (Å²) in [5.41, 5.74) is 1.92. The molecule has 0 amide bonds. The first-order valence-electron chi connectivity index (χ1n) is 8.68. The van der Waals surface area contributed by atoms with Crippen molar-refractivity contribution in [3.05, 3.63) is 64.7 Å². The van der Waals surface area contributed by atoms with Gasteiger partial charge in [-0.05, 0) is 42.7 Å². The van der Waals surface area contributed by atoms with Gasteiger partial charge in [0.25, 0.3) is 10.0 Å². The van der Waals surface area contributed by atoms with Crippen LogP contribution in [0.15, 0.2) is 58.4 Å². The molecular weight excluding hydrogens is 370 g/mol. The molecule has 2 aliphatic rings. The number of benzene rings is 2. The van der Waals surface area contributed by atoms with Gasteiger partial charge in [-0.15, -0.1) is 0 Å². The van der Waals surface area contributed by atoms with Crippen molar-refractivity contribution in [3.63, 3.8) is 0 Å². The van der Waals surface area contributed by atoms with Gasteiger partial charge in [-0.2, -0.15) is 0 Å². The van der Waals surface area contributed by atoms with Crippen LogP contribution in [0, 0.1) is 0 Å². The van der Waals surface area contributed by atoms with Crippen LogP contribution < -0.4 is 4.72 Å². The lowest BCUT2D eigenvalue weighted by molar-refractivity contribution is 0.206. The number of sulfonamides is 1. The molecule has 1 fully saturated rings. The zero-order chi connectivity index (χ0) is 18.1. The summed E-state index contributed by atoms with van der Waals surface area (Å²) in [5, 5.41) is 0.752. The third kappa shape index (κ3) is 3.63. The number of likely N-dealkylation sites (tertiary alicyclic amines) is 1. The summed E-state index contributed by atoms with van der Waals surface area (Å²) in [6.45, 7) is 2.78. The Morgan fingerprint density at radius 1 is 1.08 bits per heavy atom. The van der Waals surface area contributed by atoms with E-state index >= 15 is 0 Å². The van der Waals surface area contributed by atoms with Crippen molar-refractivity contribution in [3.8, 4) is 0 Å². The Bertz CT molecular complexity index is 934. The van der Waals surface area contributed by atoms with Gasteiger partial charge >= 0.3 is 0 Å². The lowest BCUT2D eigenvalue weighted by atomic mass is 10.0. The Balaban J connectivity index is 1.41. The maximum atomic E-state index is 12.2. The lowest BCUT2D eigenvalue weighted by Crippen LogP contribution is -2.36. The number of rotatable bonds is 3. The monoisotopic (exact) mass is 389 g/mol. The smallest absolute Gasteiger partial charge is 0.263 e. The van der Waals surface area contributed by atoms with Crippen LogP contribution in [0.25, 0.3) is 0 Å². The standard InChI is InChI=1S/C19H20ClN3O2S/c20-15-7-5-14(6-8-15)13-23-11-9-16(10-12-23)21-19-17-3-1-2-4-18(17)26(24,25)22-19/h1-8,16H,9-13H2,(H,21,22). The fourth-order valence-electron chi connectivity index (χ4n) is 3.47. The van der Waals surface area contributed by atoms with Crippen molar-refractivity contribution >= 4 is 27.5 Å². The molecule has 0 aromatic heterocycles. The van der Waals surface area contributed by atoms with Crippen molar-refractivity contribution in [1.82, 2.24) is 9.62 Å². The van der Waals surface area contributed by atoms with Gasteiger partial charge in [-0.1, -0.05) is 35.9 Å². The quantitative estimate of drug-likeness (QED) is 0.877. The Labute approximate surface area is 158 Å². The first kappa shape index (κ1) is 17.5. The number of piperidine rings is 1. The van der Waals surface area contributed by atoms with Crippen LogP contribution in [0.4, 0.5) is 0 Å². The van der Waals surface area contributed by atoms with E-state index in [-0.39, 0.29) is 6.04 Å². The maximum Gasteiger partial charge on any atom is 0.263 e. The van der Waals surface area contributed by atoms with E-state index in [1.165, 1.54) is 5.56 Å². The van der Waals surface area contributed by atoms with Crippen molar-refractivity contribution in [2.24, 2.45) is 4.99 Å². The molecule has 2 heterocycles. The third-order valence-corrected chi connectivity index (χ3v) is 6.50. The summed E-state index contributed by atoms with van der Waals surface area (Å²) in [6.07, 6.45) is 1.84. The minimum absolute atomic E-state index is 0.139. The molecule has 0 saturated carbocycles. The number of hydrogen-bond donors (Lipinski definition) is 1. The molecule has 2 aromatic carbocycles. The second-order valence-electron chi connectivity index (χ2n) is 6.71. The van der Waals surface area contributed by atoms with E-state index in [0.29, 0.717) is 16.3 Å². The zero-order valence-electron chi connectivity index (χ0n) is 14.2. The Kier molecular flexibility index (Phi) is 4.73. The van der Waals surface area contributed by atoms with Gasteiger partial charge in [-0.25, -0.2) is 8.42 Å². The van der Waals surface area contributed by atoms with Crippen LogP contribution in [0.3, 0.4) is 0 Å². The maximum absolute atomic E-state index is 12.2. The predicted molar refractivity (Wildman–Crippen MR) is 103 cm³/mol. The van der Waals surface area contributed by atoms with Crippen molar-refractivity contribution in [2.45, 2.75) is 30.3 Å². The first-order valence-corrected chi connectivity index (χ1v) is 10.5. The lowest BCUT2D eigenvalue weighted by Gasteiger charge is -2.30. The molecule has 1 saturated heterocycles. The summed E-state index contributed by atoms with van der Waals surface area (Å²) in [4.78, 5) is 7.42. The Hall–Kier alpha value is -1.89. The average Bonchev–Trinajstić information content (AvgIpc) is 2.89. The highest BCUT2D eigenvalue weighted by atomic mass is 35.5. The van der Waals surface area contributed by atoms with Crippen LogP contribution >= 0.6 is 11.6 Å². The van der Waals surface area contributed by atoms with Gasteiger partial charge in [0.05, 0.1) is 10.9 Å². The van der Waals surface area contributed by atoms with Crippen molar-refractivity contribution in [2.75, 3.05) is 13.1 Å². The van der Waals surface area contributed by atoms with E-state index in [1.807, 2.05) is 18.2 Å². The molecule has 5 nitrogen and oxygen atoms in total. The number of nitrogens with zero attached hydrogens (tertiary/aromatic N) is 2. The first-order chi connectivity index (χ1) is 12.5. The minimum atomic E-state index is -3.46. The number of halogens is 1. The van der Waals surface area contributed by atoms with Crippen molar-refractivity contribution < 1.29 is 8.42 Å². The highest BCUT2D eigenvalue weighted by Crippen LogP contribution is 2.24. The van der Waals surface area contributed by atoms with Gasteiger partial charge in [0.2, 0.25) is 0 Å². The van der Waals surface area contributed by atoms with Crippen LogP contribution in [-0.2, 0) is 16.6 Å². The van der Waals surface area contributed by atoms with Crippen molar-refractivity contribution in [1.29, 1.82) is 0 Å². The molecule has 0 unspecified atom stereocenters. The summed E-state index contributed by atoms with van der Waals surface area (Å²) in [7, 11) is -3.46. The summed E-state index contributed by atoms with van der Waals surface area (Å²) in [6, 6.07) is 15.1. The summed E-state index contributed by atoms with van der Waals surface area (Å²) < 4.78 is 26.9. The molecule has 0 radical (unpaired) electrons. The molecule has 0 aliphatic carbocycles. The average molecular weight is 390 g/mol. The third-order valence-electron chi connectivity index (χ3n) is 4.85. The number of hydrogen-bond acceptors (Lipinski definition) is 4. The van der Waals surface area contributed by atoms with Crippen LogP contribution in [0.5, 0.6) is 0 Å². The van der Waals surface area contributed by atoms with Gasteiger partial charge in [0.1, 0.15) is 5.84 Å². The number of fused-ring (bicyclic) bond motifs is 1. The molecule has 0 atom stereocenters. The van der Waals surface area contributed by atoms with E-state index in [2.05, 4.69) is 21.8 Å². The number of nitrogens with one attached hydrogen (secondary N) is 1. The Morgan fingerprint density at radius 3 is 2.50 bits per heavy atom. The predicted octanol–water partition coefficient (Wildman–Crippen LogP) is 3.04. The zero-order valence-corrected chi connectivity index (χ0v) is 15.8. The second-order valence-corrected chi connectivity index (χ2v) is 8.80. The highest BCUT2D eigenvalue weighted by Gasteiger charge is 2.31. The van der Waals surface area contributed by atoms with Gasteiger partial charge in [0.15, 0.2) is 0 Å². The molecule has 0 spiro atoms. The van der Waals surface area contributed by atoms with Crippen LogP contribution in [0.1, 0.15) is 24.0 Å². The number of aliphatic imine (C=N–C) groups is 1. The van der Waals surface area contributed by atoms with Gasteiger partial charge < -0.3 is 0 Å². The van der Waals surface area contributed by atoms with E-state index in [0.717, 1.165) is 37.5 Å². The molecule has 1 N–H and O–H groups in total. The summed E-state index contributed by atoms with van der Waals surface area (Å²) in [5.74, 6) is 0.483. The summed E-state index contributed by atoms with van der Waals surface area (Å²) >= 11 is 5.93. The second kappa shape index (κ2) is 7.02. The van der Waals surface area contributed by atoms with E-state index in [1.54, 1.807) is 18.2 Å². The van der Waals surface area contributed by atoms with Crippen LogP contribution in [-0.4, -0.2) is 38.3 Å². The highest BCUT2D eigenvalue weighted by molar-refractivity contribution is 7.90. The normalized spacial score (nSPS) is 21.5. The minimum Gasteiger partial charge on any atom is -0.299 e. The fourth-order valence-corrected chi connectivity index (χ4v) is 4.83. The molecule has 7 heteroatoms. The molecule has 2 aliphatic heterocycles. The molecule has 26 heavy (non-hydrogen) atoms. The molecule has 136 valence electrons. The SMILES string of the molecule is O=S1(=O)NC(=NC2CCN(Cc3ccc(Cl)cc3)CC2)c2ccccc21. The molecule has 4 rings (SSSR count). The van der Waals surface area contributed by atoms with Gasteiger partial charge in [-0.3, -0.25) is 14.6 Å².